The molecule has 4 heteroatoms. The zero-order valence-corrected chi connectivity index (χ0v) is 11.7. The maximum atomic E-state index is 12.4. The van der Waals surface area contributed by atoms with E-state index in [1.807, 2.05) is 23.1 Å². The molecule has 18 heavy (non-hydrogen) atoms. The van der Waals surface area contributed by atoms with Crippen molar-refractivity contribution in [3.05, 3.63) is 30.3 Å². The first kappa shape index (κ1) is 12.4. The molecule has 2 aliphatic heterocycles. The van der Waals surface area contributed by atoms with Crippen molar-refractivity contribution in [2.75, 3.05) is 12.4 Å². The summed E-state index contributed by atoms with van der Waals surface area (Å²) >= 11 is 7.78. The van der Waals surface area contributed by atoms with Gasteiger partial charge in [0.15, 0.2) is 0 Å². The second-order valence-electron chi connectivity index (χ2n) is 4.91. The summed E-state index contributed by atoms with van der Waals surface area (Å²) in [6, 6.07) is 10.5. The van der Waals surface area contributed by atoms with Crippen LogP contribution in [-0.4, -0.2) is 34.5 Å². The number of fused-ring (bicyclic) bond motifs is 1. The number of hydrogen-bond acceptors (Lipinski definition) is 2. The molecule has 2 heterocycles. The van der Waals surface area contributed by atoms with Gasteiger partial charge >= 0.3 is 0 Å². The number of amides is 1. The molecule has 0 spiro atoms. The van der Waals surface area contributed by atoms with Crippen LogP contribution in [0.4, 0.5) is 0 Å². The van der Waals surface area contributed by atoms with Gasteiger partial charge in [0.1, 0.15) is 0 Å². The number of hydrogen-bond donors (Lipinski definition) is 0. The summed E-state index contributed by atoms with van der Waals surface area (Å²) in [7, 11) is 0. The molecule has 0 bridgehead atoms. The van der Waals surface area contributed by atoms with E-state index < -0.39 is 0 Å². The fourth-order valence-electron chi connectivity index (χ4n) is 3.03. The third-order valence-electron chi connectivity index (χ3n) is 3.89. The van der Waals surface area contributed by atoms with Gasteiger partial charge in [-0.25, -0.2) is 0 Å². The van der Waals surface area contributed by atoms with Crippen LogP contribution in [0, 0.1) is 5.92 Å². The minimum absolute atomic E-state index is 0.00944. The molecular formula is C14H16ClNOS. The molecule has 1 unspecified atom stereocenters. The van der Waals surface area contributed by atoms with Gasteiger partial charge in [-0.05, 0) is 25.0 Å². The van der Waals surface area contributed by atoms with Gasteiger partial charge in [0.05, 0.1) is 5.25 Å². The van der Waals surface area contributed by atoms with Crippen LogP contribution >= 0.6 is 23.4 Å². The Hall–Kier alpha value is -0.670. The summed E-state index contributed by atoms with van der Waals surface area (Å²) in [4.78, 5) is 15.6. The molecule has 0 aromatic heterocycles. The topological polar surface area (TPSA) is 20.3 Å². The van der Waals surface area contributed by atoms with Gasteiger partial charge in [0, 0.05) is 29.3 Å². The largest absolute Gasteiger partial charge is 0.338 e. The first-order valence-electron chi connectivity index (χ1n) is 6.39. The first-order chi connectivity index (χ1) is 8.81. The van der Waals surface area contributed by atoms with E-state index in [0.29, 0.717) is 17.8 Å². The summed E-state index contributed by atoms with van der Waals surface area (Å²) in [6.07, 6.45) is 2.25. The molecule has 96 valence electrons. The van der Waals surface area contributed by atoms with Crippen molar-refractivity contribution in [2.45, 2.75) is 29.0 Å². The Bertz CT molecular complexity index is 439. The van der Waals surface area contributed by atoms with Gasteiger partial charge in [0.25, 0.3) is 0 Å². The monoisotopic (exact) mass is 281 g/mol. The fraction of sp³-hybridized carbons (Fsp3) is 0.500. The first-order valence-corrected chi connectivity index (χ1v) is 7.81. The van der Waals surface area contributed by atoms with Gasteiger partial charge in [-0.1, -0.05) is 18.2 Å². The van der Waals surface area contributed by atoms with Crippen molar-refractivity contribution in [3.63, 3.8) is 0 Å². The van der Waals surface area contributed by atoms with Crippen molar-refractivity contribution >= 4 is 29.3 Å². The second kappa shape index (κ2) is 5.14. The van der Waals surface area contributed by atoms with Crippen LogP contribution in [0.1, 0.15) is 12.8 Å². The molecule has 0 N–H and O–H groups in total. The molecule has 2 nitrogen and oxygen atoms in total. The number of rotatable bonds is 3. The van der Waals surface area contributed by atoms with Crippen LogP contribution in [0.15, 0.2) is 35.2 Å². The fourth-order valence-corrected chi connectivity index (χ4v) is 4.81. The molecule has 1 aromatic rings. The van der Waals surface area contributed by atoms with Crippen LogP contribution < -0.4 is 0 Å². The standard InChI is InChI=1S/C14H16ClNOS/c15-9-11-12-7-4-8-16(12)14(17)13(11)18-10-5-2-1-3-6-10/h1-3,5-6,11-13H,4,7-9H2/t11-,12-,13?/m0/s1. The second-order valence-corrected chi connectivity index (χ2v) is 6.43. The molecule has 0 radical (unpaired) electrons. The molecule has 0 aliphatic carbocycles. The predicted molar refractivity (Wildman–Crippen MR) is 75.0 cm³/mol. The van der Waals surface area contributed by atoms with E-state index in [4.69, 9.17) is 11.6 Å². The van der Waals surface area contributed by atoms with Crippen molar-refractivity contribution in [2.24, 2.45) is 5.92 Å². The Morgan fingerprint density at radius 1 is 1.33 bits per heavy atom. The van der Waals surface area contributed by atoms with E-state index in [9.17, 15) is 4.79 Å². The van der Waals surface area contributed by atoms with Crippen molar-refractivity contribution < 1.29 is 4.79 Å². The van der Waals surface area contributed by atoms with E-state index in [1.165, 1.54) is 0 Å². The zero-order valence-electron chi connectivity index (χ0n) is 10.1. The zero-order chi connectivity index (χ0) is 12.5. The quantitative estimate of drug-likeness (QED) is 0.794. The van der Waals surface area contributed by atoms with Crippen LogP contribution in [0.25, 0.3) is 0 Å². The Balaban J connectivity index is 1.81. The Kier molecular flexibility index (Phi) is 3.53. The van der Waals surface area contributed by atoms with Gasteiger partial charge in [0.2, 0.25) is 5.91 Å². The number of halogens is 1. The lowest BCUT2D eigenvalue weighted by atomic mass is 10.0. The summed E-state index contributed by atoms with van der Waals surface area (Å²) in [5, 5.41) is 0.00944. The molecule has 3 atom stereocenters. The van der Waals surface area contributed by atoms with Crippen molar-refractivity contribution in [3.8, 4) is 0 Å². The molecule has 1 amide bonds. The molecule has 2 fully saturated rings. The average molecular weight is 282 g/mol. The normalized spacial score (nSPS) is 30.8. The average Bonchev–Trinajstić information content (AvgIpc) is 2.95. The lowest BCUT2D eigenvalue weighted by Gasteiger charge is -2.19. The maximum absolute atomic E-state index is 12.4. The van der Waals surface area contributed by atoms with Crippen LogP contribution in [0.2, 0.25) is 0 Å². The molecule has 1 aromatic carbocycles. The maximum Gasteiger partial charge on any atom is 0.236 e. The molecule has 3 rings (SSSR count). The minimum atomic E-state index is 0.00944. The lowest BCUT2D eigenvalue weighted by molar-refractivity contribution is -0.127. The molecule has 0 saturated carbocycles. The highest BCUT2D eigenvalue weighted by Crippen LogP contribution is 2.42. The predicted octanol–water partition coefficient (Wildman–Crippen LogP) is 3.01. The lowest BCUT2D eigenvalue weighted by Crippen LogP contribution is -2.29. The van der Waals surface area contributed by atoms with Gasteiger partial charge in [-0.15, -0.1) is 23.4 Å². The van der Waals surface area contributed by atoms with E-state index >= 15 is 0 Å². The van der Waals surface area contributed by atoms with Crippen LogP contribution in [0.3, 0.4) is 0 Å². The third kappa shape index (κ3) is 2.04. The molecule has 2 saturated heterocycles. The Labute approximate surface area is 117 Å². The van der Waals surface area contributed by atoms with E-state index in [1.54, 1.807) is 11.8 Å². The number of thioether (sulfide) groups is 1. The smallest absolute Gasteiger partial charge is 0.236 e. The summed E-state index contributed by atoms with van der Waals surface area (Å²) in [5.74, 6) is 1.17. The minimum Gasteiger partial charge on any atom is -0.338 e. The highest BCUT2D eigenvalue weighted by Gasteiger charge is 2.49. The number of benzene rings is 1. The van der Waals surface area contributed by atoms with Gasteiger partial charge in [-0.2, -0.15) is 0 Å². The van der Waals surface area contributed by atoms with Gasteiger partial charge in [-0.3, -0.25) is 4.79 Å². The highest BCUT2D eigenvalue weighted by molar-refractivity contribution is 8.00. The number of carbonyl (C=O) groups excluding carboxylic acids is 1. The van der Waals surface area contributed by atoms with Gasteiger partial charge < -0.3 is 4.90 Å². The number of carbonyl (C=O) groups is 1. The number of alkyl halides is 1. The summed E-state index contributed by atoms with van der Waals surface area (Å²) in [5.41, 5.74) is 0. The third-order valence-corrected chi connectivity index (χ3v) is 5.60. The molecular weight excluding hydrogens is 266 g/mol. The summed E-state index contributed by atoms with van der Waals surface area (Å²) < 4.78 is 0. The molecule has 2 aliphatic rings. The van der Waals surface area contributed by atoms with E-state index in [2.05, 4.69) is 12.1 Å². The number of nitrogens with zero attached hydrogens (tertiary/aromatic N) is 1. The Morgan fingerprint density at radius 3 is 2.83 bits per heavy atom. The van der Waals surface area contributed by atoms with Crippen LogP contribution in [-0.2, 0) is 4.79 Å². The summed E-state index contributed by atoms with van der Waals surface area (Å²) in [6.45, 7) is 0.919. The van der Waals surface area contributed by atoms with E-state index in [0.717, 1.165) is 24.3 Å². The van der Waals surface area contributed by atoms with Crippen LogP contribution in [0.5, 0.6) is 0 Å². The highest BCUT2D eigenvalue weighted by atomic mass is 35.5. The van der Waals surface area contributed by atoms with Crippen molar-refractivity contribution in [1.82, 2.24) is 4.90 Å². The van der Waals surface area contributed by atoms with Crippen molar-refractivity contribution in [1.29, 1.82) is 0 Å². The SMILES string of the molecule is O=C1C(Sc2ccccc2)[C@@H](CCl)[C@@H]2CCCN12. The van der Waals surface area contributed by atoms with E-state index in [-0.39, 0.29) is 11.2 Å². The Morgan fingerprint density at radius 2 is 2.11 bits per heavy atom.